The molecule has 0 aliphatic carbocycles. The number of ether oxygens (including phenoxy) is 3. The average molecular weight is 577 g/mol. The molecule has 0 spiro atoms. The summed E-state index contributed by atoms with van der Waals surface area (Å²) in [7, 11) is 1.63. The highest BCUT2D eigenvalue weighted by Gasteiger charge is 2.20. The predicted octanol–water partition coefficient (Wildman–Crippen LogP) is 4.34. The van der Waals surface area contributed by atoms with Crippen molar-refractivity contribution in [3.05, 3.63) is 39.8 Å². The highest BCUT2D eigenvalue weighted by atomic mass is 127. The van der Waals surface area contributed by atoms with Crippen LogP contribution >= 0.6 is 35.3 Å². The van der Waals surface area contributed by atoms with E-state index in [0.29, 0.717) is 36.3 Å². The minimum Gasteiger partial charge on any atom is -0.497 e. The van der Waals surface area contributed by atoms with Gasteiger partial charge in [0.15, 0.2) is 5.96 Å². The molecule has 1 heterocycles. The van der Waals surface area contributed by atoms with E-state index in [1.807, 2.05) is 45.0 Å². The molecule has 0 saturated heterocycles. The lowest BCUT2D eigenvalue weighted by Crippen LogP contribution is -2.38. The van der Waals surface area contributed by atoms with Crippen LogP contribution in [0.3, 0.4) is 0 Å². The number of hydrogen-bond acceptors (Lipinski definition) is 7. The van der Waals surface area contributed by atoms with Gasteiger partial charge >= 0.3 is 5.97 Å². The van der Waals surface area contributed by atoms with Gasteiger partial charge in [-0.1, -0.05) is 6.07 Å². The quantitative estimate of drug-likeness (QED) is 0.135. The van der Waals surface area contributed by atoms with Crippen molar-refractivity contribution in [1.82, 2.24) is 15.6 Å². The van der Waals surface area contributed by atoms with Crippen LogP contribution in [0, 0.1) is 6.92 Å². The highest BCUT2D eigenvalue weighted by molar-refractivity contribution is 14.0. The van der Waals surface area contributed by atoms with Gasteiger partial charge in [-0.2, -0.15) is 0 Å². The van der Waals surface area contributed by atoms with Gasteiger partial charge < -0.3 is 24.8 Å². The molecule has 8 nitrogen and oxygen atoms in total. The summed E-state index contributed by atoms with van der Waals surface area (Å²) in [5, 5.41) is 7.40. The minimum absolute atomic E-state index is 0. The summed E-state index contributed by atoms with van der Waals surface area (Å²) >= 11 is 1.35. The van der Waals surface area contributed by atoms with Crippen LogP contribution in [0.1, 0.15) is 53.6 Å². The summed E-state index contributed by atoms with van der Waals surface area (Å²) < 4.78 is 16.1. The largest absolute Gasteiger partial charge is 0.497 e. The number of aliphatic imine (C=N–C) groups is 1. The molecule has 2 aromatic rings. The van der Waals surface area contributed by atoms with Crippen LogP contribution < -0.4 is 20.1 Å². The van der Waals surface area contributed by atoms with Gasteiger partial charge in [0, 0.05) is 25.6 Å². The van der Waals surface area contributed by atoms with E-state index in [-0.39, 0.29) is 36.0 Å². The predicted molar refractivity (Wildman–Crippen MR) is 139 cm³/mol. The van der Waals surface area contributed by atoms with Crippen molar-refractivity contribution in [2.24, 2.45) is 4.99 Å². The van der Waals surface area contributed by atoms with E-state index in [2.05, 4.69) is 20.6 Å². The number of hydrogen-bond donors (Lipinski definition) is 2. The van der Waals surface area contributed by atoms with E-state index < -0.39 is 0 Å². The van der Waals surface area contributed by atoms with Crippen molar-refractivity contribution in [3.63, 3.8) is 0 Å². The van der Waals surface area contributed by atoms with Crippen molar-refractivity contribution < 1.29 is 19.0 Å². The van der Waals surface area contributed by atoms with E-state index in [4.69, 9.17) is 14.2 Å². The normalized spacial score (nSPS) is 11.8. The molecule has 1 aromatic carbocycles. The first-order chi connectivity index (χ1) is 15.0. The Labute approximate surface area is 211 Å². The molecular formula is C22H33IN4O4S. The van der Waals surface area contributed by atoms with E-state index in [9.17, 15) is 4.79 Å². The lowest BCUT2D eigenvalue weighted by Gasteiger charge is -2.16. The molecule has 2 N–H and O–H groups in total. The second-order valence-corrected chi connectivity index (χ2v) is 7.73. The van der Waals surface area contributed by atoms with Gasteiger partial charge in [-0.3, -0.25) is 4.99 Å². The van der Waals surface area contributed by atoms with Gasteiger partial charge in [-0.05, 0) is 39.8 Å². The summed E-state index contributed by atoms with van der Waals surface area (Å²) in [6, 6.07) is 7.44. The third-order valence-corrected chi connectivity index (χ3v) is 5.54. The molecule has 0 bridgehead atoms. The second-order valence-electron chi connectivity index (χ2n) is 6.69. The fourth-order valence-electron chi connectivity index (χ4n) is 2.71. The number of nitrogens with zero attached hydrogens (tertiary/aromatic N) is 2. The number of thiazole rings is 1. The summed E-state index contributed by atoms with van der Waals surface area (Å²) in [6.45, 7) is 9.87. The summed E-state index contributed by atoms with van der Waals surface area (Å²) in [5.41, 5.74) is 0.684. The Bertz CT molecular complexity index is 875. The Morgan fingerprint density at radius 1 is 1.28 bits per heavy atom. The molecular weight excluding hydrogens is 543 g/mol. The van der Waals surface area contributed by atoms with Gasteiger partial charge in [0.25, 0.3) is 0 Å². The standard InChI is InChI=1S/C22H32N4O4S.HI/c1-6-23-22(24-12-9-13-30-18-11-8-10-17(14-18)28-5)26-16(4)20-25-15(3)19(31-20)21(27)29-7-2;/h8,10-11,14,16H,6-7,9,12-13H2,1-5H3,(H2,23,24,26);1H. The van der Waals surface area contributed by atoms with Crippen LogP contribution in [0.4, 0.5) is 0 Å². The maximum absolute atomic E-state index is 12.0. The van der Waals surface area contributed by atoms with Crippen molar-refractivity contribution in [2.75, 3.05) is 33.4 Å². The fourth-order valence-corrected chi connectivity index (χ4v) is 3.67. The van der Waals surface area contributed by atoms with Crippen molar-refractivity contribution in [3.8, 4) is 11.5 Å². The Morgan fingerprint density at radius 2 is 2.03 bits per heavy atom. The topological polar surface area (TPSA) is 94.1 Å². The third-order valence-electron chi connectivity index (χ3n) is 4.22. The first-order valence-electron chi connectivity index (χ1n) is 10.4. The number of halogens is 1. The van der Waals surface area contributed by atoms with Gasteiger partial charge in [-0.25, -0.2) is 9.78 Å². The van der Waals surface area contributed by atoms with Crippen LogP contribution in [-0.2, 0) is 4.74 Å². The molecule has 0 radical (unpaired) electrons. The lowest BCUT2D eigenvalue weighted by molar-refractivity contribution is 0.0531. The Hall–Kier alpha value is -2.08. The second kappa shape index (κ2) is 14.9. The van der Waals surface area contributed by atoms with Crippen LogP contribution in [0.5, 0.6) is 11.5 Å². The lowest BCUT2D eigenvalue weighted by atomic mass is 10.3. The number of carbonyl (C=O) groups is 1. The molecule has 178 valence electrons. The molecule has 1 unspecified atom stereocenters. The summed E-state index contributed by atoms with van der Waals surface area (Å²) in [6.07, 6.45) is 0.769. The molecule has 32 heavy (non-hydrogen) atoms. The van der Waals surface area contributed by atoms with Gasteiger partial charge in [0.1, 0.15) is 21.4 Å². The molecule has 0 aliphatic heterocycles. The number of benzene rings is 1. The number of aromatic nitrogens is 1. The monoisotopic (exact) mass is 576 g/mol. The molecule has 1 atom stereocenters. The Morgan fingerprint density at radius 3 is 2.72 bits per heavy atom. The van der Waals surface area contributed by atoms with Crippen LogP contribution in [0.2, 0.25) is 0 Å². The molecule has 0 amide bonds. The number of esters is 1. The van der Waals surface area contributed by atoms with Gasteiger partial charge in [-0.15, -0.1) is 35.3 Å². The smallest absolute Gasteiger partial charge is 0.350 e. The molecule has 0 saturated carbocycles. The molecule has 2 rings (SSSR count). The van der Waals surface area contributed by atoms with Gasteiger partial charge in [0.2, 0.25) is 0 Å². The van der Waals surface area contributed by atoms with Gasteiger partial charge in [0.05, 0.1) is 32.1 Å². The Balaban J connectivity index is 0.00000512. The number of carbonyl (C=O) groups excluding carboxylic acids is 1. The molecule has 0 aliphatic rings. The number of rotatable bonds is 11. The van der Waals surface area contributed by atoms with Crippen molar-refractivity contribution in [2.45, 2.75) is 40.2 Å². The van der Waals surface area contributed by atoms with Crippen LogP contribution in [0.15, 0.2) is 29.3 Å². The van der Waals surface area contributed by atoms with Crippen LogP contribution in [-0.4, -0.2) is 50.3 Å². The minimum atomic E-state index is -0.326. The van der Waals surface area contributed by atoms with E-state index in [0.717, 1.165) is 29.5 Å². The van der Waals surface area contributed by atoms with E-state index >= 15 is 0 Å². The number of methoxy groups -OCH3 is 1. The summed E-state index contributed by atoms with van der Waals surface area (Å²) in [4.78, 5) is 21.7. The molecule has 10 heteroatoms. The number of nitrogens with one attached hydrogen (secondary N) is 2. The molecule has 1 aromatic heterocycles. The molecule has 0 fully saturated rings. The zero-order valence-electron chi connectivity index (χ0n) is 19.3. The van der Waals surface area contributed by atoms with E-state index in [1.54, 1.807) is 14.0 Å². The SMILES string of the molecule is CCNC(=NCCCOc1cccc(OC)c1)NC(C)c1nc(C)c(C(=O)OCC)s1.I. The Kier molecular flexibility index (Phi) is 13.0. The number of aryl methyl sites for hydroxylation is 1. The van der Waals surface area contributed by atoms with E-state index in [1.165, 1.54) is 11.3 Å². The fraction of sp³-hybridized carbons (Fsp3) is 0.500. The van der Waals surface area contributed by atoms with Crippen LogP contribution in [0.25, 0.3) is 0 Å². The summed E-state index contributed by atoms with van der Waals surface area (Å²) in [5.74, 6) is 1.92. The van der Waals surface area contributed by atoms with Crippen molar-refractivity contribution in [1.29, 1.82) is 0 Å². The third kappa shape index (κ3) is 8.81. The number of guanidine groups is 1. The van der Waals surface area contributed by atoms with Crippen molar-refractivity contribution >= 4 is 47.2 Å². The first-order valence-corrected chi connectivity index (χ1v) is 11.3. The first kappa shape index (κ1) is 28.0. The highest BCUT2D eigenvalue weighted by Crippen LogP contribution is 2.24. The zero-order valence-corrected chi connectivity index (χ0v) is 22.4. The average Bonchev–Trinajstić information content (AvgIpc) is 3.16. The zero-order chi connectivity index (χ0) is 22.6. The maximum Gasteiger partial charge on any atom is 0.350 e. The maximum atomic E-state index is 12.0.